The number of hydrogen-bond acceptors (Lipinski definition) is 3. The van der Waals surface area contributed by atoms with E-state index in [2.05, 4.69) is 10.3 Å². The van der Waals surface area contributed by atoms with Crippen molar-refractivity contribution in [3.05, 3.63) is 53.2 Å². The highest BCUT2D eigenvalue weighted by Gasteiger charge is 2.10. The van der Waals surface area contributed by atoms with E-state index in [4.69, 9.17) is 5.73 Å². The summed E-state index contributed by atoms with van der Waals surface area (Å²) in [5.41, 5.74) is 8.76. The van der Waals surface area contributed by atoms with E-state index in [0.29, 0.717) is 17.1 Å². The molecule has 0 bridgehead atoms. The molecule has 0 aliphatic heterocycles. The third kappa shape index (κ3) is 2.66. The Balaban J connectivity index is 2.21. The fourth-order valence-electron chi connectivity index (χ4n) is 1.59. The summed E-state index contributed by atoms with van der Waals surface area (Å²) < 4.78 is 0. The van der Waals surface area contributed by atoms with Gasteiger partial charge in [-0.1, -0.05) is 17.7 Å². The molecule has 0 saturated carbocycles. The molecule has 1 aromatic heterocycles. The summed E-state index contributed by atoms with van der Waals surface area (Å²) in [4.78, 5) is 16.2. The number of anilines is 2. The number of benzene rings is 1. The number of nitrogen functional groups attached to an aromatic ring is 1. The molecule has 1 heterocycles. The second-order valence-electron chi connectivity index (χ2n) is 4.27. The Morgan fingerprint density at radius 2 is 1.89 bits per heavy atom. The maximum absolute atomic E-state index is 12.0. The molecule has 4 nitrogen and oxygen atoms in total. The molecule has 0 saturated heterocycles. The Morgan fingerprint density at radius 3 is 2.56 bits per heavy atom. The largest absolute Gasteiger partial charge is 0.398 e. The van der Waals surface area contributed by atoms with Gasteiger partial charge in [0.2, 0.25) is 0 Å². The van der Waals surface area contributed by atoms with Gasteiger partial charge in [-0.3, -0.25) is 4.79 Å². The van der Waals surface area contributed by atoms with E-state index in [-0.39, 0.29) is 5.91 Å². The third-order valence-electron chi connectivity index (χ3n) is 2.61. The van der Waals surface area contributed by atoms with Gasteiger partial charge in [-0.15, -0.1) is 0 Å². The summed E-state index contributed by atoms with van der Waals surface area (Å²) in [6.07, 6.45) is 1.70. The number of rotatable bonds is 2. The summed E-state index contributed by atoms with van der Waals surface area (Å²) in [7, 11) is 0. The van der Waals surface area contributed by atoms with Crippen molar-refractivity contribution < 1.29 is 4.79 Å². The summed E-state index contributed by atoms with van der Waals surface area (Å²) in [6.45, 7) is 3.86. The molecular formula is C14H15N3O. The van der Waals surface area contributed by atoms with Crippen molar-refractivity contribution in [3.63, 3.8) is 0 Å². The lowest BCUT2D eigenvalue weighted by Crippen LogP contribution is -2.15. The van der Waals surface area contributed by atoms with Gasteiger partial charge in [0.15, 0.2) is 0 Å². The number of nitrogens with two attached hydrogens (primary N) is 1. The molecule has 92 valence electrons. The van der Waals surface area contributed by atoms with E-state index in [1.165, 1.54) is 0 Å². The highest BCUT2D eigenvalue weighted by atomic mass is 16.1. The Morgan fingerprint density at radius 1 is 1.17 bits per heavy atom. The molecular weight excluding hydrogens is 226 g/mol. The standard InChI is InChI=1S/C14H15N3O/c1-9-3-5-12(15)11(7-9)14(18)17-13-6-4-10(2)8-16-13/h3-8H,15H2,1-2H3,(H,16,17,18). The maximum Gasteiger partial charge on any atom is 0.258 e. The number of hydrogen-bond donors (Lipinski definition) is 2. The van der Waals surface area contributed by atoms with E-state index in [9.17, 15) is 4.79 Å². The van der Waals surface area contributed by atoms with Crippen LogP contribution < -0.4 is 11.1 Å². The van der Waals surface area contributed by atoms with Crippen LogP contribution in [0.15, 0.2) is 36.5 Å². The van der Waals surface area contributed by atoms with Crippen LogP contribution in [0.25, 0.3) is 0 Å². The van der Waals surface area contributed by atoms with Gasteiger partial charge < -0.3 is 11.1 Å². The van der Waals surface area contributed by atoms with Crippen molar-refractivity contribution in [1.82, 2.24) is 4.98 Å². The van der Waals surface area contributed by atoms with Crippen LogP contribution in [0, 0.1) is 13.8 Å². The van der Waals surface area contributed by atoms with Crippen molar-refractivity contribution in [3.8, 4) is 0 Å². The third-order valence-corrected chi connectivity index (χ3v) is 2.61. The fourth-order valence-corrected chi connectivity index (χ4v) is 1.59. The van der Waals surface area contributed by atoms with Crippen molar-refractivity contribution in [2.45, 2.75) is 13.8 Å². The molecule has 2 rings (SSSR count). The fraction of sp³-hybridized carbons (Fsp3) is 0.143. The minimum atomic E-state index is -0.243. The number of carbonyl (C=O) groups is 1. The minimum absolute atomic E-state index is 0.243. The van der Waals surface area contributed by atoms with Gasteiger partial charge in [-0.25, -0.2) is 4.98 Å². The van der Waals surface area contributed by atoms with E-state index in [1.807, 2.05) is 26.0 Å². The summed E-state index contributed by atoms with van der Waals surface area (Å²) in [5, 5.41) is 2.72. The van der Waals surface area contributed by atoms with E-state index in [1.54, 1.807) is 24.4 Å². The molecule has 0 atom stereocenters. The molecule has 0 spiro atoms. The first kappa shape index (κ1) is 12.1. The number of nitrogens with zero attached hydrogens (tertiary/aromatic N) is 1. The topological polar surface area (TPSA) is 68.0 Å². The van der Waals surface area contributed by atoms with Crippen LogP contribution in [0.4, 0.5) is 11.5 Å². The lowest BCUT2D eigenvalue weighted by molar-refractivity contribution is 0.102. The highest BCUT2D eigenvalue weighted by Crippen LogP contribution is 2.15. The summed E-state index contributed by atoms with van der Waals surface area (Å²) in [5.74, 6) is 0.277. The second-order valence-corrected chi connectivity index (χ2v) is 4.27. The average Bonchev–Trinajstić information content (AvgIpc) is 2.35. The van der Waals surface area contributed by atoms with E-state index in [0.717, 1.165) is 11.1 Å². The van der Waals surface area contributed by atoms with Crippen molar-refractivity contribution in [2.24, 2.45) is 0 Å². The lowest BCUT2D eigenvalue weighted by atomic mass is 10.1. The van der Waals surface area contributed by atoms with Crippen LogP contribution in [-0.4, -0.2) is 10.9 Å². The molecule has 0 aliphatic rings. The smallest absolute Gasteiger partial charge is 0.258 e. The number of nitrogens with one attached hydrogen (secondary N) is 1. The summed E-state index contributed by atoms with van der Waals surface area (Å²) >= 11 is 0. The van der Waals surface area contributed by atoms with Crippen LogP contribution in [0.2, 0.25) is 0 Å². The van der Waals surface area contributed by atoms with Crippen LogP contribution in [-0.2, 0) is 0 Å². The SMILES string of the molecule is Cc1ccc(NC(=O)c2cc(C)ccc2N)nc1. The molecule has 0 unspecified atom stereocenters. The predicted molar refractivity (Wildman–Crippen MR) is 72.5 cm³/mol. The zero-order valence-corrected chi connectivity index (χ0v) is 10.4. The van der Waals surface area contributed by atoms with Crippen molar-refractivity contribution >= 4 is 17.4 Å². The van der Waals surface area contributed by atoms with Gasteiger partial charge in [0, 0.05) is 11.9 Å². The predicted octanol–water partition coefficient (Wildman–Crippen LogP) is 2.53. The average molecular weight is 241 g/mol. The second kappa shape index (κ2) is 4.87. The highest BCUT2D eigenvalue weighted by molar-refractivity contribution is 6.07. The number of aryl methyl sites for hydroxylation is 2. The van der Waals surface area contributed by atoms with Gasteiger partial charge in [0.1, 0.15) is 5.82 Å². The maximum atomic E-state index is 12.0. The molecule has 1 aromatic carbocycles. The molecule has 0 radical (unpaired) electrons. The first-order chi connectivity index (χ1) is 8.56. The molecule has 0 fully saturated rings. The molecule has 2 aromatic rings. The van der Waals surface area contributed by atoms with Crippen LogP contribution in [0.5, 0.6) is 0 Å². The van der Waals surface area contributed by atoms with Gasteiger partial charge in [-0.2, -0.15) is 0 Å². The Kier molecular flexibility index (Phi) is 3.28. The molecule has 1 amide bonds. The minimum Gasteiger partial charge on any atom is -0.398 e. The summed E-state index contributed by atoms with van der Waals surface area (Å²) in [6, 6.07) is 9.02. The Labute approximate surface area is 106 Å². The van der Waals surface area contributed by atoms with Crippen molar-refractivity contribution in [2.75, 3.05) is 11.1 Å². The monoisotopic (exact) mass is 241 g/mol. The zero-order chi connectivity index (χ0) is 13.1. The first-order valence-electron chi connectivity index (χ1n) is 5.66. The van der Waals surface area contributed by atoms with E-state index >= 15 is 0 Å². The Hall–Kier alpha value is -2.36. The molecule has 3 N–H and O–H groups in total. The van der Waals surface area contributed by atoms with E-state index < -0.39 is 0 Å². The van der Waals surface area contributed by atoms with Crippen LogP contribution in [0.1, 0.15) is 21.5 Å². The lowest BCUT2D eigenvalue weighted by Gasteiger charge is -2.07. The van der Waals surface area contributed by atoms with Crippen LogP contribution >= 0.6 is 0 Å². The zero-order valence-electron chi connectivity index (χ0n) is 10.4. The number of carbonyl (C=O) groups excluding carboxylic acids is 1. The van der Waals surface area contributed by atoms with Gasteiger partial charge >= 0.3 is 0 Å². The number of pyridine rings is 1. The number of amides is 1. The van der Waals surface area contributed by atoms with Gasteiger partial charge in [0.05, 0.1) is 5.56 Å². The quantitative estimate of drug-likeness (QED) is 0.794. The molecule has 4 heteroatoms. The number of aromatic nitrogens is 1. The van der Waals surface area contributed by atoms with Crippen LogP contribution in [0.3, 0.4) is 0 Å². The van der Waals surface area contributed by atoms with Gasteiger partial charge in [0.25, 0.3) is 5.91 Å². The first-order valence-corrected chi connectivity index (χ1v) is 5.66. The molecule has 18 heavy (non-hydrogen) atoms. The Bertz CT molecular complexity index is 576. The molecule has 0 aliphatic carbocycles. The van der Waals surface area contributed by atoms with Gasteiger partial charge in [-0.05, 0) is 37.6 Å². The van der Waals surface area contributed by atoms with Crippen molar-refractivity contribution in [1.29, 1.82) is 0 Å². The normalized spacial score (nSPS) is 10.1.